The standard InChI is InChI=1S/C9H9NO/c10-11-8-4-7-9-5-2-1-3-6-9/h1-3,5-6H,8,10H2. The summed E-state index contributed by atoms with van der Waals surface area (Å²) in [6.45, 7) is 0.273. The molecule has 11 heavy (non-hydrogen) atoms. The van der Waals surface area contributed by atoms with E-state index in [-0.39, 0.29) is 6.61 Å². The zero-order valence-electron chi connectivity index (χ0n) is 6.08. The van der Waals surface area contributed by atoms with Crippen LogP contribution in [0.5, 0.6) is 0 Å². The van der Waals surface area contributed by atoms with Crippen molar-refractivity contribution in [3.05, 3.63) is 35.9 Å². The number of hydrogen-bond acceptors (Lipinski definition) is 2. The van der Waals surface area contributed by atoms with E-state index in [1.807, 2.05) is 30.3 Å². The predicted molar refractivity (Wildman–Crippen MR) is 43.5 cm³/mol. The molecule has 0 unspecified atom stereocenters. The Morgan fingerprint density at radius 1 is 1.27 bits per heavy atom. The molecule has 2 N–H and O–H groups in total. The molecule has 0 heterocycles. The van der Waals surface area contributed by atoms with E-state index >= 15 is 0 Å². The van der Waals surface area contributed by atoms with E-state index in [2.05, 4.69) is 16.7 Å². The molecule has 1 aromatic rings. The Morgan fingerprint density at radius 2 is 2.00 bits per heavy atom. The van der Waals surface area contributed by atoms with Crippen LogP contribution in [0.2, 0.25) is 0 Å². The third-order valence-electron chi connectivity index (χ3n) is 1.16. The molecule has 0 aliphatic rings. The van der Waals surface area contributed by atoms with E-state index in [0.29, 0.717) is 0 Å². The van der Waals surface area contributed by atoms with Crippen LogP contribution in [0.25, 0.3) is 0 Å². The molecule has 0 saturated heterocycles. The fourth-order valence-corrected chi connectivity index (χ4v) is 0.701. The largest absolute Gasteiger partial charge is 0.292 e. The monoisotopic (exact) mass is 147 g/mol. The second-order valence-electron chi connectivity index (χ2n) is 1.98. The average molecular weight is 147 g/mol. The molecule has 0 radical (unpaired) electrons. The van der Waals surface area contributed by atoms with E-state index in [4.69, 9.17) is 5.90 Å². The molecule has 1 rings (SSSR count). The van der Waals surface area contributed by atoms with Crippen LogP contribution in [0.15, 0.2) is 30.3 Å². The van der Waals surface area contributed by atoms with Crippen molar-refractivity contribution in [1.29, 1.82) is 0 Å². The van der Waals surface area contributed by atoms with Crippen LogP contribution in [0.1, 0.15) is 5.56 Å². The van der Waals surface area contributed by atoms with Gasteiger partial charge in [-0.3, -0.25) is 4.84 Å². The molecule has 2 nitrogen and oxygen atoms in total. The van der Waals surface area contributed by atoms with Crippen molar-refractivity contribution < 1.29 is 4.84 Å². The lowest BCUT2D eigenvalue weighted by atomic mass is 10.2. The Bertz CT molecular complexity index is 258. The predicted octanol–water partition coefficient (Wildman–Crippen LogP) is 0.928. The van der Waals surface area contributed by atoms with Crippen molar-refractivity contribution in [1.82, 2.24) is 0 Å². The maximum Gasteiger partial charge on any atom is 0.129 e. The highest BCUT2D eigenvalue weighted by Gasteiger charge is 1.79. The van der Waals surface area contributed by atoms with Crippen molar-refractivity contribution in [2.75, 3.05) is 6.61 Å². The van der Waals surface area contributed by atoms with Crippen LogP contribution in [0, 0.1) is 11.8 Å². The summed E-state index contributed by atoms with van der Waals surface area (Å²) in [6.07, 6.45) is 0. The number of benzene rings is 1. The van der Waals surface area contributed by atoms with Crippen LogP contribution in [-0.2, 0) is 4.84 Å². The van der Waals surface area contributed by atoms with Crippen LogP contribution >= 0.6 is 0 Å². The van der Waals surface area contributed by atoms with Gasteiger partial charge in [0.1, 0.15) is 6.61 Å². The first kappa shape index (κ1) is 7.80. The summed E-state index contributed by atoms with van der Waals surface area (Å²) < 4.78 is 0. The first-order chi connectivity index (χ1) is 5.43. The molecule has 1 aromatic carbocycles. The van der Waals surface area contributed by atoms with Gasteiger partial charge in [0.2, 0.25) is 0 Å². The highest BCUT2D eigenvalue weighted by atomic mass is 16.6. The minimum absolute atomic E-state index is 0.273. The summed E-state index contributed by atoms with van der Waals surface area (Å²) in [6, 6.07) is 9.69. The van der Waals surface area contributed by atoms with Crippen LogP contribution in [-0.4, -0.2) is 6.61 Å². The molecule has 0 aliphatic carbocycles. The Morgan fingerprint density at radius 3 is 2.64 bits per heavy atom. The van der Waals surface area contributed by atoms with Gasteiger partial charge in [-0.2, -0.15) is 0 Å². The molecule has 2 heteroatoms. The van der Waals surface area contributed by atoms with Gasteiger partial charge in [-0.05, 0) is 12.1 Å². The fraction of sp³-hybridized carbons (Fsp3) is 0.111. The molecule has 0 saturated carbocycles. The topological polar surface area (TPSA) is 35.2 Å². The van der Waals surface area contributed by atoms with Gasteiger partial charge in [0.25, 0.3) is 0 Å². The van der Waals surface area contributed by atoms with Crippen molar-refractivity contribution in [2.45, 2.75) is 0 Å². The van der Waals surface area contributed by atoms with Gasteiger partial charge < -0.3 is 0 Å². The van der Waals surface area contributed by atoms with E-state index in [1.165, 1.54) is 0 Å². The average Bonchev–Trinajstić information content (AvgIpc) is 2.07. The van der Waals surface area contributed by atoms with Gasteiger partial charge >= 0.3 is 0 Å². The summed E-state index contributed by atoms with van der Waals surface area (Å²) in [5, 5.41) is 0. The first-order valence-electron chi connectivity index (χ1n) is 3.29. The van der Waals surface area contributed by atoms with Gasteiger partial charge in [-0.25, -0.2) is 5.90 Å². The van der Waals surface area contributed by atoms with Crippen molar-refractivity contribution in [3.63, 3.8) is 0 Å². The number of hydrogen-bond donors (Lipinski definition) is 1. The van der Waals surface area contributed by atoms with Crippen molar-refractivity contribution in [3.8, 4) is 11.8 Å². The molecule has 0 atom stereocenters. The minimum Gasteiger partial charge on any atom is -0.292 e. The summed E-state index contributed by atoms with van der Waals surface area (Å²) in [5.74, 6) is 10.4. The smallest absolute Gasteiger partial charge is 0.129 e. The Balaban J connectivity index is 2.59. The Kier molecular flexibility index (Phi) is 3.20. The van der Waals surface area contributed by atoms with Crippen LogP contribution in [0.4, 0.5) is 0 Å². The SMILES string of the molecule is NOCC#Cc1ccccc1. The van der Waals surface area contributed by atoms with Crippen molar-refractivity contribution >= 4 is 0 Å². The summed E-state index contributed by atoms with van der Waals surface area (Å²) in [4.78, 5) is 4.29. The molecule has 0 fully saturated rings. The van der Waals surface area contributed by atoms with Crippen LogP contribution in [0.3, 0.4) is 0 Å². The van der Waals surface area contributed by atoms with E-state index in [0.717, 1.165) is 5.56 Å². The molecule has 0 aromatic heterocycles. The Hall–Kier alpha value is -1.30. The lowest BCUT2D eigenvalue weighted by Crippen LogP contribution is -1.97. The third-order valence-corrected chi connectivity index (χ3v) is 1.16. The molecular weight excluding hydrogens is 138 g/mol. The van der Waals surface area contributed by atoms with E-state index in [9.17, 15) is 0 Å². The molecular formula is C9H9NO. The molecule has 0 aliphatic heterocycles. The maximum atomic E-state index is 4.79. The van der Waals surface area contributed by atoms with E-state index < -0.39 is 0 Å². The third kappa shape index (κ3) is 2.85. The van der Waals surface area contributed by atoms with Crippen LogP contribution < -0.4 is 5.90 Å². The lowest BCUT2D eigenvalue weighted by molar-refractivity contribution is 0.173. The van der Waals surface area contributed by atoms with Gasteiger partial charge in [0.05, 0.1) is 0 Å². The number of nitrogens with two attached hydrogens (primary N) is 1. The summed E-state index contributed by atoms with van der Waals surface area (Å²) in [7, 11) is 0. The van der Waals surface area contributed by atoms with Crippen molar-refractivity contribution in [2.24, 2.45) is 5.90 Å². The first-order valence-corrected chi connectivity index (χ1v) is 3.29. The molecule has 0 spiro atoms. The second kappa shape index (κ2) is 4.51. The molecule has 56 valence electrons. The zero-order chi connectivity index (χ0) is 7.94. The van der Waals surface area contributed by atoms with Gasteiger partial charge in [0, 0.05) is 5.56 Å². The lowest BCUT2D eigenvalue weighted by Gasteiger charge is -1.86. The number of rotatable bonds is 1. The van der Waals surface area contributed by atoms with Gasteiger partial charge in [-0.15, -0.1) is 0 Å². The second-order valence-corrected chi connectivity index (χ2v) is 1.98. The van der Waals surface area contributed by atoms with Gasteiger partial charge in [-0.1, -0.05) is 30.0 Å². The summed E-state index contributed by atoms with van der Waals surface area (Å²) >= 11 is 0. The normalized spacial score (nSPS) is 8.45. The van der Waals surface area contributed by atoms with Gasteiger partial charge in [0.15, 0.2) is 0 Å². The fourth-order valence-electron chi connectivity index (χ4n) is 0.701. The highest BCUT2D eigenvalue weighted by Crippen LogP contribution is 1.93. The van der Waals surface area contributed by atoms with E-state index in [1.54, 1.807) is 0 Å². The molecule has 0 bridgehead atoms. The summed E-state index contributed by atoms with van der Waals surface area (Å²) in [5.41, 5.74) is 0.976. The molecule has 0 amide bonds. The minimum atomic E-state index is 0.273. The maximum absolute atomic E-state index is 4.79. The Labute approximate surface area is 65.9 Å². The zero-order valence-corrected chi connectivity index (χ0v) is 6.08. The highest BCUT2D eigenvalue weighted by molar-refractivity contribution is 5.33. The quantitative estimate of drug-likeness (QED) is 0.473.